The van der Waals surface area contributed by atoms with Crippen LogP contribution < -0.4 is 10.6 Å². The van der Waals surface area contributed by atoms with Gasteiger partial charge in [0.2, 0.25) is 0 Å². The van der Waals surface area contributed by atoms with Gasteiger partial charge in [0.05, 0.1) is 18.3 Å². The largest absolute Gasteiger partial charge is 0.478 e. The first-order valence-corrected chi connectivity index (χ1v) is 6.42. The number of carboxylic acid groups (broad SMARTS) is 1. The van der Waals surface area contributed by atoms with E-state index in [-0.39, 0.29) is 11.6 Å². The second kappa shape index (κ2) is 6.56. The topological polar surface area (TPSA) is 96.3 Å². The Morgan fingerprint density at radius 1 is 1.38 bits per heavy atom. The Morgan fingerprint density at radius 2 is 2.19 bits per heavy atom. The quantitative estimate of drug-likeness (QED) is 0.780. The summed E-state index contributed by atoms with van der Waals surface area (Å²) in [6.45, 7) is 2.93. The number of urea groups is 1. The number of amides is 2. The van der Waals surface area contributed by atoms with E-state index in [4.69, 9.17) is 5.11 Å². The van der Waals surface area contributed by atoms with Crippen molar-refractivity contribution in [2.45, 2.75) is 13.5 Å². The number of nitrogens with one attached hydrogen (secondary N) is 2. The zero-order chi connectivity index (χ0) is 15.2. The lowest BCUT2D eigenvalue weighted by atomic mass is 10.2. The molecule has 0 aliphatic heterocycles. The van der Waals surface area contributed by atoms with Crippen molar-refractivity contribution in [3.63, 3.8) is 0 Å². The third kappa shape index (κ3) is 4.34. The van der Waals surface area contributed by atoms with Gasteiger partial charge in [0, 0.05) is 18.4 Å². The zero-order valence-corrected chi connectivity index (χ0v) is 11.5. The van der Waals surface area contributed by atoms with Crippen LogP contribution in [0, 0.1) is 6.92 Å². The van der Waals surface area contributed by atoms with Crippen LogP contribution in [0.5, 0.6) is 0 Å². The number of carbonyl (C=O) groups is 2. The highest BCUT2D eigenvalue weighted by Gasteiger charge is 2.05. The van der Waals surface area contributed by atoms with Gasteiger partial charge in [-0.15, -0.1) is 0 Å². The number of hydrogen-bond donors (Lipinski definition) is 3. The van der Waals surface area contributed by atoms with Crippen molar-refractivity contribution in [2.75, 3.05) is 11.9 Å². The number of nitrogens with zero attached hydrogens (tertiary/aromatic N) is 2. The smallest absolute Gasteiger partial charge is 0.335 e. The van der Waals surface area contributed by atoms with Crippen LogP contribution in [0.4, 0.5) is 10.5 Å². The lowest BCUT2D eigenvalue weighted by Crippen LogP contribution is -2.31. The molecule has 110 valence electrons. The zero-order valence-electron chi connectivity index (χ0n) is 11.5. The van der Waals surface area contributed by atoms with Gasteiger partial charge in [0.15, 0.2) is 0 Å². The predicted molar refractivity (Wildman–Crippen MR) is 77.4 cm³/mol. The molecule has 7 nitrogen and oxygen atoms in total. The first-order chi connectivity index (χ1) is 10.0. The van der Waals surface area contributed by atoms with Gasteiger partial charge in [-0.3, -0.25) is 4.68 Å². The Kier molecular flexibility index (Phi) is 4.55. The number of hydrogen-bond acceptors (Lipinski definition) is 3. The van der Waals surface area contributed by atoms with Crippen LogP contribution in [0.3, 0.4) is 0 Å². The summed E-state index contributed by atoms with van der Waals surface area (Å²) < 4.78 is 1.74. The fourth-order valence-corrected chi connectivity index (χ4v) is 1.78. The molecule has 0 fully saturated rings. The molecule has 1 aromatic carbocycles. The highest BCUT2D eigenvalue weighted by molar-refractivity contribution is 5.93. The van der Waals surface area contributed by atoms with E-state index in [0.717, 1.165) is 5.56 Å². The normalized spacial score (nSPS) is 10.1. The molecular weight excluding hydrogens is 272 g/mol. The van der Waals surface area contributed by atoms with Crippen molar-refractivity contribution in [3.8, 4) is 0 Å². The molecule has 0 unspecified atom stereocenters. The maximum Gasteiger partial charge on any atom is 0.335 e. The second-order valence-electron chi connectivity index (χ2n) is 4.55. The lowest BCUT2D eigenvalue weighted by Gasteiger charge is -2.08. The average Bonchev–Trinajstić information content (AvgIpc) is 2.84. The molecule has 7 heteroatoms. The molecule has 0 spiro atoms. The third-order valence-corrected chi connectivity index (χ3v) is 2.76. The van der Waals surface area contributed by atoms with Crippen LogP contribution in [0.25, 0.3) is 0 Å². The summed E-state index contributed by atoms with van der Waals surface area (Å²) in [7, 11) is 0. The van der Waals surface area contributed by atoms with E-state index in [1.165, 1.54) is 12.1 Å². The van der Waals surface area contributed by atoms with Crippen molar-refractivity contribution in [1.82, 2.24) is 15.1 Å². The van der Waals surface area contributed by atoms with Crippen LogP contribution >= 0.6 is 0 Å². The van der Waals surface area contributed by atoms with Gasteiger partial charge in [-0.2, -0.15) is 5.10 Å². The first kappa shape index (κ1) is 14.6. The Hall–Kier alpha value is -2.83. The highest BCUT2D eigenvalue weighted by atomic mass is 16.4. The van der Waals surface area contributed by atoms with E-state index in [2.05, 4.69) is 15.7 Å². The minimum absolute atomic E-state index is 0.125. The van der Waals surface area contributed by atoms with Crippen molar-refractivity contribution in [3.05, 3.63) is 47.8 Å². The van der Waals surface area contributed by atoms with Gasteiger partial charge in [0.1, 0.15) is 0 Å². The monoisotopic (exact) mass is 288 g/mol. The van der Waals surface area contributed by atoms with Crippen LogP contribution in [0.2, 0.25) is 0 Å². The van der Waals surface area contributed by atoms with Crippen molar-refractivity contribution in [1.29, 1.82) is 0 Å². The van der Waals surface area contributed by atoms with E-state index in [1.807, 2.05) is 13.1 Å². The summed E-state index contributed by atoms with van der Waals surface area (Å²) in [6, 6.07) is 5.68. The Balaban J connectivity index is 1.81. The van der Waals surface area contributed by atoms with E-state index in [0.29, 0.717) is 18.8 Å². The molecule has 21 heavy (non-hydrogen) atoms. The van der Waals surface area contributed by atoms with E-state index in [9.17, 15) is 9.59 Å². The van der Waals surface area contributed by atoms with Gasteiger partial charge in [-0.1, -0.05) is 6.07 Å². The van der Waals surface area contributed by atoms with Crippen molar-refractivity contribution >= 4 is 17.7 Å². The predicted octanol–water partition coefficient (Wildman–Crippen LogP) is 1.71. The Labute approximate surface area is 121 Å². The first-order valence-electron chi connectivity index (χ1n) is 6.42. The maximum atomic E-state index is 11.7. The van der Waals surface area contributed by atoms with Gasteiger partial charge in [0.25, 0.3) is 0 Å². The number of benzene rings is 1. The molecule has 0 aliphatic rings. The minimum atomic E-state index is -1.03. The van der Waals surface area contributed by atoms with E-state index in [1.54, 1.807) is 23.0 Å². The number of rotatable bonds is 5. The van der Waals surface area contributed by atoms with E-state index >= 15 is 0 Å². The van der Waals surface area contributed by atoms with Crippen LogP contribution in [-0.4, -0.2) is 33.4 Å². The standard InChI is InChI=1S/C14H16N4O3/c1-10-8-16-18(9-10)6-5-15-14(21)17-12-4-2-3-11(7-12)13(19)20/h2-4,7-9H,5-6H2,1H3,(H,19,20)(H2,15,17,21). The van der Waals surface area contributed by atoms with Crippen LogP contribution in [-0.2, 0) is 6.54 Å². The Bertz CT molecular complexity index is 651. The number of carboxylic acids is 1. The number of carbonyl (C=O) groups excluding carboxylic acids is 1. The molecule has 0 saturated heterocycles. The van der Waals surface area contributed by atoms with Crippen molar-refractivity contribution < 1.29 is 14.7 Å². The van der Waals surface area contributed by atoms with Crippen LogP contribution in [0.1, 0.15) is 15.9 Å². The van der Waals surface area contributed by atoms with Crippen molar-refractivity contribution in [2.24, 2.45) is 0 Å². The van der Waals surface area contributed by atoms with Gasteiger partial charge in [-0.05, 0) is 30.7 Å². The maximum absolute atomic E-state index is 11.7. The molecule has 2 rings (SSSR count). The molecule has 1 heterocycles. The molecular formula is C14H16N4O3. The van der Waals surface area contributed by atoms with Gasteiger partial charge in [-0.25, -0.2) is 9.59 Å². The fraction of sp³-hybridized carbons (Fsp3) is 0.214. The lowest BCUT2D eigenvalue weighted by molar-refractivity contribution is 0.0697. The van der Waals surface area contributed by atoms with Crippen LogP contribution in [0.15, 0.2) is 36.7 Å². The molecule has 1 aromatic heterocycles. The summed E-state index contributed by atoms with van der Waals surface area (Å²) in [6.07, 6.45) is 3.63. The fourth-order valence-electron chi connectivity index (χ4n) is 1.78. The molecule has 2 aromatic rings. The molecule has 0 bridgehead atoms. The molecule has 2 amide bonds. The number of aromatic carboxylic acids is 1. The molecule has 0 saturated carbocycles. The summed E-state index contributed by atoms with van der Waals surface area (Å²) in [5.74, 6) is -1.03. The summed E-state index contributed by atoms with van der Waals surface area (Å²) >= 11 is 0. The molecule has 0 radical (unpaired) electrons. The van der Waals surface area contributed by atoms with Gasteiger partial charge >= 0.3 is 12.0 Å². The number of aryl methyl sites for hydroxylation is 1. The second-order valence-corrected chi connectivity index (χ2v) is 4.55. The minimum Gasteiger partial charge on any atom is -0.478 e. The average molecular weight is 288 g/mol. The molecule has 0 atom stereocenters. The Morgan fingerprint density at radius 3 is 2.86 bits per heavy atom. The third-order valence-electron chi connectivity index (χ3n) is 2.76. The van der Waals surface area contributed by atoms with Gasteiger partial charge < -0.3 is 15.7 Å². The number of anilines is 1. The summed E-state index contributed by atoms with van der Waals surface area (Å²) in [5, 5.41) is 18.2. The molecule has 3 N–H and O–H groups in total. The molecule has 0 aliphatic carbocycles. The number of aromatic nitrogens is 2. The summed E-state index contributed by atoms with van der Waals surface area (Å²) in [4.78, 5) is 22.5. The SMILES string of the molecule is Cc1cnn(CCNC(=O)Nc2cccc(C(=O)O)c2)c1. The van der Waals surface area contributed by atoms with E-state index < -0.39 is 5.97 Å². The highest BCUT2D eigenvalue weighted by Crippen LogP contribution is 2.10. The summed E-state index contributed by atoms with van der Waals surface area (Å²) in [5.41, 5.74) is 1.62.